The van der Waals surface area contributed by atoms with E-state index in [1.54, 1.807) is 18.2 Å². The molecule has 4 heteroatoms. The zero-order valence-electron chi connectivity index (χ0n) is 7.71. The van der Waals surface area contributed by atoms with Crippen LogP contribution in [0.1, 0.15) is 10.4 Å². The Labute approximate surface area is 89.0 Å². The Morgan fingerprint density at radius 1 is 1.13 bits per heavy atom. The van der Waals surface area contributed by atoms with Gasteiger partial charge in [0.1, 0.15) is 0 Å². The maximum Gasteiger partial charge on any atom is 0.187 e. The molecule has 0 saturated heterocycles. The fraction of sp³-hybridized carbons (Fsp3) is 0. The normalized spacial score (nSPS) is 12.6. The molecule has 1 unspecified atom stereocenters. The van der Waals surface area contributed by atoms with Crippen LogP contribution in [0.5, 0.6) is 0 Å². The number of carbonyl (C=O) groups is 1. The van der Waals surface area contributed by atoms with Crippen molar-refractivity contribution in [1.29, 1.82) is 0 Å². The molecule has 1 N–H and O–H groups in total. The van der Waals surface area contributed by atoms with Crippen molar-refractivity contribution in [2.24, 2.45) is 0 Å². The van der Waals surface area contributed by atoms with E-state index in [0.29, 0.717) is 11.7 Å². The number of fused-ring (bicyclic) bond motifs is 1. The number of aldehydes is 1. The maximum atomic E-state index is 11.0. The van der Waals surface area contributed by atoms with Crippen molar-refractivity contribution < 1.29 is 13.6 Å². The topological polar surface area (TPSA) is 54.4 Å². The predicted octanol–water partition coefficient (Wildman–Crippen LogP) is 2.23. The van der Waals surface area contributed by atoms with Gasteiger partial charge < -0.3 is 4.55 Å². The van der Waals surface area contributed by atoms with Crippen molar-refractivity contribution in [3.05, 3.63) is 42.0 Å². The van der Waals surface area contributed by atoms with Gasteiger partial charge in [0.2, 0.25) is 0 Å². The van der Waals surface area contributed by atoms with Gasteiger partial charge in [0.05, 0.1) is 4.90 Å². The van der Waals surface area contributed by atoms with Crippen molar-refractivity contribution >= 4 is 28.1 Å². The fourth-order valence-corrected chi connectivity index (χ4v) is 2.08. The van der Waals surface area contributed by atoms with Gasteiger partial charge in [0.15, 0.2) is 17.4 Å². The van der Waals surface area contributed by atoms with Gasteiger partial charge in [-0.15, -0.1) is 0 Å². The molecule has 0 spiro atoms. The van der Waals surface area contributed by atoms with Crippen LogP contribution in [-0.4, -0.2) is 15.0 Å². The van der Waals surface area contributed by atoms with E-state index in [2.05, 4.69) is 0 Å². The van der Waals surface area contributed by atoms with Gasteiger partial charge in [-0.3, -0.25) is 4.79 Å². The van der Waals surface area contributed by atoms with Crippen LogP contribution >= 0.6 is 0 Å². The molecule has 0 fully saturated rings. The van der Waals surface area contributed by atoms with Gasteiger partial charge in [0, 0.05) is 5.56 Å². The Morgan fingerprint density at radius 2 is 1.87 bits per heavy atom. The third kappa shape index (κ3) is 1.69. The first-order chi connectivity index (χ1) is 7.24. The van der Waals surface area contributed by atoms with Crippen LogP contribution in [-0.2, 0) is 11.1 Å². The molecular weight excluding hydrogens is 212 g/mol. The van der Waals surface area contributed by atoms with E-state index < -0.39 is 11.1 Å². The summed E-state index contributed by atoms with van der Waals surface area (Å²) in [6, 6.07) is 10.5. The van der Waals surface area contributed by atoms with Crippen LogP contribution in [0.3, 0.4) is 0 Å². The number of carbonyl (C=O) groups excluding carboxylic acids is 1. The van der Waals surface area contributed by atoms with Gasteiger partial charge in [-0.1, -0.05) is 30.3 Å². The molecule has 2 rings (SSSR count). The van der Waals surface area contributed by atoms with Crippen LogP contribution in [0.2, 0.25) is 0 Å². The molecule has 0 bridgehead atoms. The number of rotatable bonds is 2. The summed E-state index contributed by atoms with van der Waals surface area (Å²) in [5.74, 6) is 0. The van der Waals surface area contributed by atoms with Gasteiger partial charge in [-0.05, 0) is 16.8 Å². The Kier molecular flexibility index (Phi) is 2.62. The minimum absolute atomic E-state index is 0.156. The largest absolute Gasteiger partial charge is 0.302 e. The molecule has 0 aliphatic carbocycles. The van der Waals surface area contributed by atoms with Crippen molar-refractivity contribution in [3.63, 3.8) is 0 Å². The lowest BCUT2D eigenvalue weighted by Gasteiger charge is -2.04. The van der Waals surface area contributed by atoms with Crippen LogP contribution < -0.4 is 0 Å². The van der Waals surface area contributed by atoms with Crippen molar-refractivity contribution in [2.45, 2.75) is 4.90 Å². The molecule has 0 aliphatic rings. The summed E-state index contributed by atoms with van der Waals surface area (Å²) in [6.07, 6.45) is 0.617. The summed E-state index contributed by atoms with van der Waals surface area (Å²) in [6.45, 7) is 0. The Balaban J connectivity index is 2.87. The first-order valence-electron chi connectivity index (χ1n) is 4.32. The molecule has 0 aliphatic heterocycles. The number of hydrogen-bond acceptors (Lipinski definition) is 2. The molecule has 2 aromatic rings. The average molecular weight is 220 g/mol. The summed E-state index contributed by atoms with van der Waals surface area (Å²) < 4.78 is 20.0. The smallest absolute Gasteiger partial charge is 0.187 e. The van der Waals surface area contributed by atoms with Crippen molar-refractivity contribution in [3.8, 4) is 0 Å². The van der Waals surface area contributed by atoms with Crippen LogP contribution in [0.25, 0.3) is 10.8 Å². The molecule has 0 heterocycles. The van der Waals surface area contributed by atoms with E-state index in [1.165, 1.54) is 6.07 Å². The first-order valence-corrected chi connectivity index (χ1v) is 5.42. The summed E-state index contributed by atoms with van der Waals surface area (Å²) in [5.41, 5.74) is 0.286. The Hall–Kier alpha value is -1.52. The molecule has 0 aromatic heterocycles. The molecule has 0 amide bonds. The molecule has 15 heavy (non-hydrogen) atoms. The number of benzene rings is 2. The van der Waals surface area contributed by atoms with E-state index in [0.717, 1.165) is 5.39 Å². The summed E-state index contributed by atoms with van der Waals surface area (Å²) >= 11 is -2.13. The highest BCUT2D eigenvalue weighted by Crippen LogP contribution is 2.22. The van der Waals surface area contributed by atoms with E-state index in [-0.39, 0.29) is 10.5 Å². The first kappa shape index (κ1) is 10.0. The highest BCUT2D eigenvalue weighted by atomic mass is 32.2. The fourth-order valence-electron chi connectivity index (χ4n) is 1.55. The summed E-state index contributed by atoms with van der Waals surface area (Å²) in [4.78, 5) is 11.1. The molecule has 0 radical (unpaired) electrons. The number of hydrogen-bond donors (Lipinski definition) is 1. The zero-order valence-corrected chi connectivity index (χ0v) is 8.53. The summed E-state index contributed by atoms with van der Waals surface area (Å²) in [5, 5.41) is 1.58. The van der Waals surface area contributed by atoms with Crippen LogP contribution in [0, 0.1) is 0 Å². The molecule has 3 nitrogen and oxygen atoms in total. The molecule has 0 saturated carbocycles. The van der Waals surface area contributed by atoms with E-state index in [4.69, 9.17) is 4.55 Å². The molecule has 1 atom stereocenters. The van der Waals surface area contributed by atoms with E-state index in [1.807, 2.05) is 12.1 Å². The lowest BCUT2D eigenvalue weighted by molar-refractivity contribution is 0.112. The third-order valence-corrected chi connectivity index (χ3v) is 2.97. The molecule has 76 valence electrons. The van der Waals surface area contributed by atoms with E-state index >= 15 is 0 Å². The van der Waals surface area contributed by atoms with Crippen molar-refractivity contribution in [2.75, 3.05) is 0 Å². The van der Waals surface area contributed by atoms with Crippen LogP contribution in [0.4, 0.5) is 0 Å². The second-order valence-corrected chi connectivity index (χ2v) is 4.00. The highest BCUT2D eigenvalue weighted by Gasteiger charge is 2.10. The Bertz CT molecular complexity index is 549. The van der Waals surface area contributed by atoms with Gasteiger partial charge in [-0.2, -0.15) is 0 Å². The van der Waals surface area contributed by atoms with Gasteiger partial charge in [0.25, 0.3) is 0 Å². The minimum atomic E-state index is -2.13. The lowest BCUT2D eigenvalue weighted by Crippen LogP contribution is -1.96. The average Bonchev–Trinajstić information content (AvgIpc) is 2.27. The second-order valence-electron chi connectivity index (χ2n) is 3.07. The van der Waals surface area contributed by atoms with Crippen molar-refractivity contribution in [1.82, 2.24) is 0 Å². The molecule has 2 aromatic carbocycles. The molecular formula is C11H8O3S. The quantitative estimate of drug-likeness (QED) is 0.623. The standard InChI is InChI=1S/C11H8O3S/c12-7-10-9-4-2-1-3-8(9)5-6-11(10)15(13)14/h1-7H,(H,13,14). The predicted molar refractivity (Wildman–Crippen MR) is 58.4 cm³/mol. The Morgan fingerprint density at radius 3 is 2.53 bits per heavy atom. The zero-order chi connectivity index (χ0) is 10.8. The van der Waals surface area contributed by atoms with E-state index in [9.17, 15) is 9.00 Å². The van der Waals surface area contributed by atoms with Gasteiger partial charge in [-0.25, -0.2) is 4.21 Å². The van der Waals surface area contributed by atoms with Crippen LogP contribution in [0.15, 0.2) is 41.3 Å². The highest BCUT2D eigenvalue weighted by molar-refractivity contribution is 7.79. The minimum Gasteiger partial charge on any atom is -0.302 e. The lowest BCUT2D eigenvalue weighted by atomic mass is 10.1. The maximum absolute atomic E-state index is 11.0. The SMILES string of the molecule is O=Cc1c(S(=O)O)ccc2ccccc12. The van der Waals surface area contributed by atoms with Gasteiger partial charge >= 0.3 is 0 Å². The third-order valence-electron chi connectivity index (χ3n) is 2.24. The summed E-state index contributed by atoms with van der Waals surface area (Å²) in [7, 11) is 0. The monoisotopic (exact) mass is 220 g/mol. The second kappa shape index (κ2) is 3.92.